The monoisotopic (exact) mass is 563 g/mol. The number of aliphatic hydroxyl groups excluding tert-OH is 3. The Labute approximate surface area is 232 Å². The van der Waals surface area contributed by atoms with Crippen molar-refractivity contribution in [1.82, 2.24) is 0 Å². The molecule has 0 aromatic heterocycles. The third kappa shape index (κ3) is 5.07. The highest BCUT2D eigenvalue weighted by atomic mass is 32.2. The molecule has 5 unspecified atom stereocenters. The minimum atomic E-state index is -4.35. The molecule has 0 radical (unpaired) electrons. The van der Waals surface area contributed by atoms with Gasteiger partial charge in [-0.15, -0.1) is 0 Å². The van der Waals surface area contributed by atoms with E-state index in [4.69, 9.17) is 0 Å². The molecule has 39 heavy (non-hydrogen) atoms. The summed E-state index contributed by atoms with van der Waals surface area (Å²) < 4.78 is 32.1. The predicted molar refractivity (Wildman–Crippen MR) is 147 cm³/mol. The van der Waals surface area contributed by atoms with Crippen molar-refractivity contribution in [3.63, 3.8) is 0 Å². The number of nitrogens with one attached hydrogen (secondary N) is 1. The molecular formula is C30H45NO7S. The Morgan fingerprint density at radius 3 is 2.54 bits per heavy atom. The van der Waals surface area contributed by atoms with Crippen molar-refractivity contribution in [2.75, 3.05) is 5.32 Å². The zero-order chi connectivity index (χ0) is 28.3. The van der Waals surface area contributed by atoms with Crippen LogP contribution < -0.4 is 5.32 Å². The predicted octanol–water partition coefficient (Wildman–Crippen LogP) is 4.25. The van der Waals surface area contributed by atoms with Gasteiger partial charge in [0.1, 0.15) is 0 Å². The molecule has 4 aliphatic rings. The molecule has 1 amide bonds. The first-order chi connectivity index (χ1) is 18.2. The van der Waals surface area contributed by atoms with Gasteiger partial charge in [-0.1, -0.05) is 26.8 Å². The second kappa shape index (κ2) is 10.4. The summed E-state index contributed by atoms with van der Waals surface area (Å²) in [5.41, 5.74) is 0.0387. The molecule has 0 saturated heterocycles. The molecule has 1 aromatic carbocycles. The molecule has 4 aliphatic carbocycles. The third-order valence-electron chi connectivity index (χ3n) is 11.8. The zero-order valence-corrected chi connectivity index (χ0v) is 24.1. The molecule has 8 nitrogen and oxygen atoms in total. The molecule has 0 aliphatic heterocycles. The average molecular weight is 564 g/mol. The van der Waals surface area contributed by atoms with Gasteiger partial charge in [0.15, 0.2) is 0 Å². The Morgan fingerprint density at radius 1 is 1.08 bits per heavy atom. The number of benzene rings is 1. The molecule has 0 heterocycles. The fourth-order valence-electron chi connectivity index (χ4n) is 9.65. The van der Waals surface area contributed by atoms with Crippen molar-refractivity contribution in [2.45, 2.75) is 102 Å². The van der Waals surface area contributed by atoms with E-state index in [1.165, 1.54) is 18.2 Å². The fraction of sp³-hybridized carbons (Fsp3) is 0.767. The first-order valence-corrected chi connectivity index (χ1v) is 16.1. The van der Waals surface area contributed by atoms with Gasteiger partial charge in [-0.25, -0.2) is 0 Å². The van der Waals surface area contributed by atoms with Crippen LogP contribution in [0.5, 0.6) is 0 Å². The molecule has 1 aromatic rings. The van der Waals surface area contributed by atoms with Crippen molar-refractivity contribution < 1.29 is 33.1 Å². The normalized spacial score (nSPS) is 42.6. The molecule has 218 valence electrons. The number of aliphatic hydroxyl groups is 3. The summed E-state index contributed by atoms with van der Waals surface area (Å²) in [6.45, 7) is 6.70. The molecule has 4 saturated carbocycles. The summed E-state index contributed by atoms with van der Waals surface area (Å²) in [5, 5.41) is 36.2. The second-order valence-corrected chi connectivity index (χ2v) is 15.0. The number of anilines is 1. The Kier molecular flexibility index (Phi) is 7.72. The average Bonchev–Trinajstić information content (AvgIpc) is 3.22. The van der Waals surface area contributed by atoms with Gasteiger partial charge in [-0.2, -0.15) is 8.42 Å². The van der Waals surface area contributed by atoms with E-state index in [1.807, 2.05) is 0 Å². The van der Waals surface area contributed by atoms with Gasteiger partial charge in [0, 0.05) is 12.1 Å². The molecule has 0 bridgehead atoms. The Balaban J connectivity index is 1.26. The SMILES string of the molecule is CC(CCC(=O)Nc1cccc(S(=O)(=O)O)c1)[C@H]1CCC2C3C(C[C@H](O)[C@@]21C)[C@@]1(C)CC[C@@H](O)CC1C[C@H]3O. The zero-order valence-electron chi connectivity index (χ0n) is 23.3. The largest absolute Gasteiger partial charge is 0.393 e. The van der Waals surface area contributed by atoms with E-state index in [0.717, 1.165) is 38.5 Å². The van der Waals surface area contributed by atoms with Crippen LogP contribution in [-0.4, -0.2) is 52.5 Å². The first-order valence-electron chi connectivity index (χ1n) is 14.7. The van der Waals surface area contributed by atoms with Crippen LogP contribution >= 0.6 is 0 Å². The highest BCUT2D eigenvalue weighted by molar-refractivity contribution is 7.85. The number of amides is 1. The summed E-state index contributed by atoms with van der Waals surface area (Å²) >= 11 is 0. The van der Waals surface area contributed by atoms with Crippen molar-refractivity contribution in [3.8, 4) is 0 Å². The van der Waals surface area contributed by atoms with Gasteiger partial charge in [-0.3, -0.25) is 9.35 Å². The summed E-state index contributed by atoms with van der Waals surface area (Å²) in [6.07, 6.45) is 5.59. The van der Waals surface area contributed by atoms with Crippen LogP contribution in [0.25, 0.3) is 0 Å². The van der Waals surface area contributed by atoms with E-state index in [0.29, 0.717) is 24.4 Å². The van der Waals surface area contributed by atoms with Crippen LogP contribution in [0.1, 0.15) is 78.6 Å². The molecule has 11 atom stereocenters. The van der Waals surface area contributed by atoms with Gasteiger partial charge in [0.2, 0.25) is 5.91 Å². The fourth-order valence-corrected chi connectivity index (χ4v) is 10.2. The van der Waals surface area contributed by atoms with Crippen LogP contribution in [0.2, 0.25) is 0 Å². The smallest absolute Gasteiger partial charge is 0.294 e. The highest BCUT2D eigenvalue weighted by Gasteiger charge is 2.65. The van der Waals surface area contributed by atoms with E-state index in [1.54, 1.807) is 6.07 Å². The number of rotatable bonds is 6. The molecule has 0 spiro atoms. The van der Waals surface area contributed by atoms with Crippen LogP contribution in [0.15, 0.2) is 29.2 Å². The van der Waals surface area contributed by atoms with E-state index in [9.17, 15) is 33.1 Å². The number of carbonyl (C=O) groups is 1. The molecule has 9 heteroatoms. The van der Waals surface area contributed by atoms with Gasteiger partial charge in [0.05, 0.1) is 23.2 Å². The van der Waals surface area contributed by atoms with E-state index in [2.05, 4.69) is 26.1 Å². The van der Waals surface area contributed by atoms with E-state index < -0.39 is 22.3 Å². The number of hydrogen-bond acceptors (Lipinski definition) is 6. The third-order valence-corrected chi connectivity index (χ3v) is 12.6. The summed E-state index contributed by atoms with van der Waals surface area (Å²) in [4.78, 5) is 12.5. The number of carbonyl (C=O) groups excluding carboxylic acids is 1. The first kappa shape index (κ1) is 29.0. The van der Waals surface area contributed by atoms with Gasteiger partial charge in [0.25, 0.3) is 10.1 Å². The van der Waals surface area contributed by atoms with Gasteiger partial charge >= 0.3 is 0 Å². The lowest BCUT2D eigenvalue weighted by molar-refractivity contribution is -0.207. The lowest BCUT2D eigenvalue weighted by Gasteiger charge is -2.63. The number of fused-ring (bicyclic) bond motifs is 5. The Morgan fingerprint density at radius 2 is 1.82 bits per heavy atom. The van der Waals surface area contributed by atoms with E-state index in [-0.39, 0.29) is 63.7 Å². The van der Waals surface area contributed by atoms with Gasteiger partial charge in [-0.05, 0) is 116 Å². The standard InChI is InChI=1S/C30H45NO7S/c1-17(7-10-27(35)31-19-5-4-6-21(15-19)39(36,37)38)22-8-9-23-28-24(16-26(34)30(22,23)3)29(2)12-11-20(32)13-18(29)14-25(28)33/h4-6,15,17-18,20,22-26,28,32-34H,7-14,16H2,1-3H3,(H,31,35)(H,36,37,38)/t17?,18?,20-,22-,23?,24?,25-,26+,28?,29+,30-/m1/s1. The topological polar surface area (TPSA) is 144 Å². The van der Waals surface area contributed by atoms with Crippen LogP contribution in [0.3, 0.4) is 0 Å². The van der Waals surface area contributed by atoms with Crippen molar-refractivity contribution in [3.05, 3.63) is 24.3 Å². The van der Waals surface area contributed by atoms with Crippen LogP contribution in [0.4, 0.5) is 5.69 Å². The van der Waals surface area contributed by atoms with Crippen molar-refractivity contribution >= 4 is 21.7 Å². The summed E-state index contributed by atoms with van der Waals surface area (Å²) in [5.74, 6) is 1.14. The lowest BCUT2D eigenvalue weighted by atomic mass is 9.43. The van der Waals surface area contributed by atoms with Crippen LogP contribution in [-0.2, 0) is 14.9 Å². The number of hydrogen-bond donors (Lipinski definition) is 5. The maximum absolute atomic E-state index is 12.7. The summed E-state index contributed by atoms with van der Waals surface area (Å²) in [6, 6.07) is 5.56. The minimum Gasteiger partial charge on any atom is -0.393 e. The Bertz CT molecular complexity index is 1190. The maximum atomic E-state index is 12.7. The molecule has 5 rings (SSSR count). The second-order valence-electron chi connectivity index (χ2n) is 13.6. The maximum Gasteiger partial charge on any atom is 0.294 e. The highest BCUT2D eigenvalue weighted by Crippen LogP contribution is 2.68. The molecule has 4 fully saturated rings. The van der Waals surface area contributed by atoms with E-state index >= 15 is 0 Å². The van der Waals surface area contributed by atoms with Crippen LogP contribution in [0, 0.1) is 46.3 Å². The minimum absolute atomic E-state index is 0.0416. The Hall–Kier alpha value is -1.52. The lowest BCUT2D eigenvalue weighted by Crippen LogP contribution is -2.62. The van der Waals surface area contributed by atoms with Crippen molar-refractivity contribution in [2.24, 2.45) is 46.3 Å². The molecule has 5 N–H and O–H groups in total. The van der Waals surface area contributed by atoms with Crippen molar-refractivity contribution in [1.29, 1.82) is 0 Å². The molecular weight excluding hydrogens is 518 g/mol. The summed E-state index contributed by atoms with van der Waals surface area (Å²) in [7, 11) is -4.35. The quantitative estimate of drug-likeness (QED) is 0.326. The van der Waals surface area contributed by atoms with Gasteiger partial charge < -0.3 is 20.6 Å².